The number of halogens is 1. The summed E-state index contributed by atoms with van der Waals surface area (Å²) in [6.45, 7) is 15.6. The number of nitrogens with one attached hydrogen (secondary N) is 2. The van der Waals surface area contributed by atoms with E-state index in [-0.39, 0.29) is 30.5 Å². The number of anilines is 1. The molecule has 0 spiro atoms. The topological polar surface area (TPSA) is 117 Å². The normalized spacial score (nSPS) is 20.9. The first-order valence-corrected chi connectivity index (χ1v) is 18.1. The van der Waals surface area contributed by atoms with E-state index in [0.29, 0.717) is 12.2 Å². The van der Waals surface area contributed by atoms with Crippen molar-refractivity contribution in [3.05, 3.63) is 71.5 Å². The quantitative estimate of drug-likeness (QED) is 0.219. The molecule has 10 nitrogen and oxygen atoms in total. The highest BCUT2D eigenvalue weighted by molar-refractivity contribution is 5.98. The Hall–Kier alpha value is -4.93. The number of rotatable bonds is 4. The van der Waals surface area contributed by atoms with Crippen molar-refractivity contribution >= 4 is 34.8 Å². The van der Waals surface area contributed by atoms with Crippen molar-refractivity contribution in [1.29, 1.82) is 0 Å². The van der Waals surface area contributed by atoms with Crippen molar-refractivity contribution in [3.63, 3.8) is 0 Å². The largest absolute Gasteiger partial charge is 0.444 e. The number of benzene rings is 3. The van der Waals surface area contributed by atoms with Crippen molar-refractivity contribution in [2.45, 2.75) is 110 Å². The van der Waals surface area contributed by atoms with E-state index >= 15 is 0 Å². The van der Waals surface area contributed by atoms with Crippen LogP contribution in [0.15, 0.2) is 54.6 Å². The number of nitrogens with zero attached hydrogens (tertiary/aromatic N) is 3. The van der Waals surface area contributed by atoms with Gasteiger partial charge in [-0.25, -0.2) is 19.0 Å². The number of imidazole rings is 1. The monoisotopic (exact) mass is 709 g/mol. The van der Waals surface area contributed by atoms with Crippen LogP contribution >= 0.6 is 0 Å². The number of amides is 3. The van der Waals surface area contributed by atoms with Crippen LogP contribution in [-0.4, -0.2) is 74.4 Å². The lowest BCUT2D eigenvalue weighted by Gasteiger charge is -2.28. The fraction of sp³-hybridized carbons (Fsp3) is 0.463. The SMILES string of the molecule is CC(C)(C)OC(=O)N1C[C@@H](F)C[C@H]1C(=O)Nc1ccc2c(c1)C(C)(C)c1cc(-c3ccc4nc([C@@H]5CCCN5C(=O)OC(C)(C)C)[nH]c4c3)ccc1-2. The number of aromatic amines is 1. The lowest BCUT2D eigenvalue weighted by atomic mass is 9.81. The second-order valence-corrected chi connectivity index (χ2v) is 16.8. The molecule has 52 heavy (non-hydrogen) atoms. The number of fused-ring (bicyclic) bond motifs is 4. The molecule has 2 aliphatic heterocycles. The molecule has 0 bridgehead atoms. The summed E-state index contributed by atoms with van der Waals surface area (Å²) in [6.07, 6.45) is -0.683. The predicted molar refractivity (Wildman–Crippen MR) is 199 cm³/mol. The highest BCUT2D eigenvalue weighted by atomic mass is 19.1. The molecule has 0 unspecified atom stereocenters. The van der Waals surface area contributed by atoms with Crippen LogP contribution in [0.25, 0.3) is 33.3 Å². The van der Waals surface area contributed by atoms with E-state index in [0.717, 1.165) is 57.5 Å². The average Bonchev–Trinajstić information content (AvgIpc) is 3.83. The van der Waals surface area contributed by atoms with Gasteiger partial charge in [-0.1, -0.05) is 38.1 Å². The van der Waals surface area contributed by atoms with Gasteiger partial charge in [0, 0.05) is 24.1 Å². The van der Waals surface area contributed by atoms with Crippen LogP contribution in [-0.2, 0) is 19.7 Å². The number of alkyl halides is 1. The molecule has 3 heterocycles. The molecule has 0 saturated carbocycles. The van der Waals surface area contributed by atoms with Gasteiger partial charge in [0.25, 0.3) is 0 Å². The molecule has 4 aromatic rings. The van der Waals surface area contributed by atoms with Crippen molar-refractivity contribution in [3.8, 4) is 22.3 Å². The zero-order valence-electron chi connectivity index (χ0n) is 31.2. The smallest absolute Gasteiger partial charge is 0.411 e. The molecule has 2 N–H and O–H groups in total. The number of H-pyrrole nitrogens is 1. The van der Waals surface area contributed by atoms with E-state index in [1.54, 1.807) is 25.7 Å². The molecule has 3 aromatic carbocycles. The van der Waals surface area contributed by atoms with E-state index in [9.17, 15) is 18.8 Å². The standard InChI is InChI=1S/C41H48FN5O5/c1-39(2,3)51-37(49)46-17-9-10-33(46)35-44-31-16-12-24(19-32(31)45-35)23-11-14-27-28-15-13-26(21-30(28)41(7,8)29(27)18-23)43-36(48)34-20-25(42)22-47(34)38(50)52-40(4,5)6/h11-16,18-19,21,25,33-34H,9-10,17,20,22H2,1-8H3,(H,43,48)(H,44,45)/t25-,33-,34-/m0/s1. The number of hydrogen-bond acceptors (Lipinski definition) is 6. The molecule has 7 rings (SSSR count). The second-order valence-electron chi connectivity index (χ2n) is 16.8. The molecular formula is C41H48FN5O5. The third kappa shape index (κ3) is 6.73. The minimum Gasteiger partial charge on any atom is -0.444 e. The number of carbonyl (C=O) groups excluding carboxylic acids is 3. The van der Waals surface area contributed by atoms with Gasteiger partial charge in [0.05, 0.1) is 23.6 Å². The van der Waals surface area contributed by atoms with Crippen LogP contribution in [0.4, 0.5) is 19.7 Å². The average molecular weight is 710 g/mol. The third-order valence-corrected chi connectivity index (χ3v) is 10.2. The summed E-state index contributed by atoms with van der Waals surface area (Å²) in [5.41, 5.74) is 7.17. The molecule has 2 saturated heterocycles. The predicted octanol–water partition coefficient (Wildman–Crippen LogP) is 8.89. The van der Waals surface area contributed by atoms with Gasteiger partial charge >= 0.3 is 12.2 Å². The van der Waals surface area contributed by atoms with Crippen molar-refractivity contribution in [2.24, 2.45) is 0 Å². The molecule has 0 radical (unpaired) electrons. The molecule has 2 fully saturated rings. The highest BCUT2D eigenvalue weighted by Crippen LogP contribution is 2.50. The molecule has 3 amide bonds. The molecule has 3 aliphatic rings. The molecule has 1 aromatic heterocycles. The Balaban J connectivity index is 1.10. The highest BCUT2D eigenvalue weighted by Gasteiger charge is 2.42. The first kappa shape index (κ1) is 35.5. The number of carbonyl (C=O) groups is 3. The van der Waals surface area contributed by atoms with Crippen LogP contribution in [0.2, 0.25) is 0 Å². The molecular weight excluding hydrogens is 661 g/mol. The van der Waals surface area contributed by atoms with E-state index in [4.69, 9.17) is 14.5 Å². The Morgan fingerprint density at radius 1 is 0.865 bits per heavy atom. The fourth-order valence-corrected chi connectivity index (χ4v) is 7.73. The molecule has 11 heteroatoms. The Morgan fingerprint density at radius 3 is 2.17 bits per heavy atom. The summed E-state index contributed by atoms with van der Waals surface area (Å²) in [5, 5.41) is 2.95. The Bertz CT molecular complexity index is 2080. The molecule has 1 aliphatic carbocycles. The number of aromatic nitrogens is 2. The Kier molecular flexibility index (Phi) is 8.62. The number of ether oxygens (including phenoxy) is 2. The van der Waals surface area contributed by atoms with Gasteiger partial charge in [0.2, 0.25) is 5.91 Å². The summed E-state index contributed by atoms with van der Waals surface area (Å²) in [4.78, 5) is 50.5. The van der Waals surface area contributed by atoms with Crippen molar-refractivity contribution in [2.75, 3.05) is 18.4 Å². The van der Waals surface area contributed by atoms with Crippen LogP contribution in [0.5, 0.6) is 0 Å². The Morgan fingerprint density at radius 2 is 1.48 bits per heavy atom. The van der Waals surface area contributed by atoms with Gasteiger partial charge in [0.1, 0.15) is 29.2 Å². The van der Waals surface area contributed by atoms with Crippen LogP contribution in [0.1, 0.15) is 97.6 Å². The van der Waals surface area contributed by atoms with Crippen molar-refractivity contribution in [1.82, 2.24) is 19.8 Å². The van der Waals surface area contributed by atoms with Crippen molar-refractivity contribution < 1.29 is 28.2 Å². The van der Waals surface area contributed by atoms with Gasteiger partial charge in [-0.2, -0.15) is 0 Å². The van der Waals surface area contributed by atoms with Gasteiger partial charge in [0.15, 0.2) is 0 Å². The number of hydrogen-bond donors (Lipinski definition) is 2. The third-order valence-electron chi connectivity index (χ3n) is 10.2. The first-order chi connectivity index (χ1) is 24.4. The van der Waals surface area contributed by atoms with Crippen LogP contribution < -0.4 is 5.32 Å². The summed E-state index contributed by atoms with van der Waals surface area (Å²) < 4.78 is 25.6. The first-order valence-electron chi connectivity index (χ1n) is 18.1. The van der Waals surface area contributed by atoms with Gasteiger partial charge in [-0.3, -0.25) is 14.6 Å². The fourth-order valence-electron chi connectivity index (χ4n) is 7.73. The second kappa shape index (κ2) is 12.6. The maximum atomic E-state index is 14.5. The number of likely N-dealkylation sites (tertiary alicyclic amines) is 2. The summed E-state index contributed by atoms with van der Waals surface area (Å²) in [5.74, 6) is 0.323. The minimum absolute atomic E-state index is 0.0769. The van der Waals surface area contributed by atoms with E-state index in [1.807, 2.05) is 45.0 Å². The van der Waals surface area contributed by atoms with Gasteiger partial charge in [-0.05, 0) is 118 Å². The zero-order chi connectivity index (χ0) is 37.3. The van der Waals surface area contributed by atoms with Gasteiger partial charge in [-0.15, -0.1) is 0 Å². The Labute approximate surface area is 304 Å². The van der Waals surface area contributed by atoms with Crippen LogP contribution in [0.3, 0.4) is 0 Å². The van der Waals surface area contributed by atoms with E-state index in [1.165, 1.54) is 10.5 Å². The summed E-state index contributed by atoms with van der Waals surface area (Å²) in [6, 6.07) is 17.4. The van der Waals surface area contributed by atoms with Crippen LogP contribution in [0, 0.1) is 0 Å². The van der Waals surface area contributed by atoms with E-state index < -0.39 is 35.4 Å². The summed E-state index contributed by atoms with van der Waals surface area (Å²) in [7, 11) is 0. The summed E-state index contributed by atoms with van der Waals surface area (Å²) >= 11 is 0. The molecule has 274 valence electrons. The maximum Gasteiger partial charge on any atom is 0.411 e. The maximum absolute atomic E-state index is 14.5. The lowest BCUT2D eigenvalue weighted by molar-refractivity contribution is -0.120. The van der Waals surface area contributed by atoms with Gasteiger partial charge < -0.3 is 19.8 Å². The lowest BCUT2D eigenvalue weighted by Crippen LogP contribution is -2.45. The zero-order valence-corrected chi connectivity index (χ0v) is 31.2. The van der Waals surface area contributed by atoms with E-state index in [2.05, 4.69) is 54.5 Å². The minimum atomic E-state index is -1.30. The molecule has 3 atom stereocenters.